The van der Waals surface area contributed by atoms with Crippen molar-refractivity contribution >= 4 is 17.7 Å². The van der Waals surface area contributed by atoms with E-state index in [1.165, 1.54) is 23.9 Å². The molecule has 0 bridgehead atoms. The molecule has 1 aliphatic heterocycles. The Labute approximate surface area is 161 Å². The Morgan fingerprint density at radius 1 is 1.04 bits per heavy atom. The molecule has 0 N–H and O–H groups in total. The highest BCUT2D eigenvalue weighted by Crippen LogP contribution is 2.44. The molecule has 0 aliphatic carbocycles. The summed E-state index contributed by atoms with van der Waals surface area (Å²) in [6, 6.07) is 12.9. The Bertz CT molecular complexity index is 825. The molecule has 1 atom stereocenters. The van der Waals surface area contributed by atoms with Crippen LogP contribution in [0.2, 0.25) is 0 Å². The van der Waals surface area contributed by atoms with E-state index in [2.05, 4.69) is 20.8 Å². The molecule has 0 unspecified atom stereocenters. The molecule has 1 fully saturated rings. The summed E-state index contributed by atoms with van der Waals surface area (Å²) in [4.78, 5) is 14.5. The van der Waals surface area contributed by atoms with Gasteiger partial charge in [0.05, 0.1) is 5.56 Å². The van der Waals surface area contributed by atoms with E-state index in [0.29, 0.717) is 17.9 Å². The van der Waals surface area contributed by atoms with Crippen molar-refractivity contribution in [1.29, 1.82) is 0 Å². The molecule has 0 radical (unpaired) electrons. The maximum absolute atomic E-state index is 13.4. The molecule has 2 aromatic carbocycles. The van der Waals surface area contributed by atoms with Crippen molar-refractivity contribution in [3.63, 3.8) is 0 Å². The molecule has 2 aromatic rings. The summed E-state index contributed by atoms with van der Waals surface area (Å²) < 4.78 is 40.2. The molecule has 6 heteroatoms. The molecule has 1 heterocycles. The number of hydrogen-bond donors (Lipinski definition) is 0. The monoisotopic (exact) mass is 393 g/mol. The van der Waals surface area contributed by atoms with E-state index in [-0.39, 0.29) is 16.9 Å². The average molecular weight is 393 g/mol. The second-order valence-corrected chi connectivity index (χ2v) is 8.82. The summed E-state index contributed by atoms with van der Waals surface area (Å²) >= 11 is 1.37. The third-order valence-corrected chi connectivity index (χ3v) is 5.92. The molecule has 0 aromatic heterocycles. The Morgan fingerprint density at radius 2 is 1.67 bits per heavy atom. The standard InChI is InChI=1S/C21H22F3NOS/c1-20(2,3)15-10-8-14(9-11-15)18(26)25-12-13-27-19(25)16-6-4-5-7-17(16)21(22,23)24/h4-11,19H,12-13H2,1-3H3/t19-/m0/s1. The molecule has 144 valence electrons. The molecule has 1 saturated heterocycles. The fourth-order valence-electron chi connectivity index (χ4n) is 3.18. The van der Waals surface area contributed by atoms with Gasteiger partial charge in [-0.3, -0.25) is 4.79 Å². The third kappa shape index (κ3) is 4.15. The zero-order chi connectivity index (χ0) is 19.8. The number of rotatable bonds is 2. The van der Waals surface area contributed by atoms with E-state index in [1.54, 1.807) is 23.1 Å². The fraction of sp³-hybridized carbons (Fsp3) is 0.381. The summed E-state index contributed by atoms with van der Waals surface area (Å²) in [7, 11) is 0. The quantitative estimate of drug-likeness (QED) is 0.634. The second-order valence-electron chi connectivity index (χ2n) is 7.63. The van der Waals surface area contributed by atoms with E-state index >= 15 is 0 Å². The van der Waals surface area contributed by atoms with Crippen LogP contribution in [-0.4, -0.2) is 23.1 Å². The topological polar surface area (TPSA) is 20.3 Å². The fourth-order valence-corrected chi connectivity index (χ4v) is 4.48. The number of carbonyl (C=O) groups excluding carboxylic acids is 1. The highest BCUT2D eigenvalue weighted by atomic mass is 32.2. The van der Waals surface area contributed by atoms with Crippen molar-refractivity contribution in [3.8, 4) is 0 Å². The van der Waals surface area contributed by atoms with Crippen LogP contribution in [0.3, 0.4) is 0 Å². The molecule has 1 amide bonds. The number of benzene rings is 2. The van der Waals surface area contributed by atoms with Gasteiger partial charge in [-0.25, -0.2) is 0 Å². The molecular weight excluding hydrogens is 371 g/mol. The molecular formula is C21H22F3NOS. The normalized spacial score (nSPS) is 18.0. The van der Waals surface area contributed by atoms with Gasteiger partial charge in [-0.2, -0.15) is 13.2 Å². The highest BCUT2D eigenvalue weighted by molar-refractivity contribution is 7.99. The van der Waals surface area contributed by atoms with Gasteiger partial charge in [0.1, 0.15) is 5.37 Å². The van der Waals surface area contributed by atoms with Crippen molar-refractivity contribution in [2.24, 2.45) is 0 Å². The Morgan fingerprint density at radius 3 is 2.26 bits per heavy atom. The summed E-state index contributed by atoms with van der Waals surface area (Å²) in [6.07, 6.45) is -4.44. The smallest absolute Gasteiger partial charge is 0.322 e. The lowest BCUT2D eigenvalue weighted by Crippen LogP contribution is -2.31. The number of alkyl halides is 3. The number of hydrogen-bond acceptors (Lipinski definition) is 2. The predicted molar refractivity (Wildman–Crippen MR) is 103 cm³/mol. The van der Waals surface area contributed by atoms with Gasteiger partial charge in [-0.15, -0.1) is 11.8 Å². The van der Waals surface area contributed by atoms with Gasteiger partial charge < -0.3 is 4.90 Å². The van der Waals surface area contributed by atoms with Crippen LogP contribution in [0.1, 0.15) is 53.2 Å². The van der Waals surface area contributed by atoms with E-state index in [4.69, 9.17) is 0 Å². The van der Waals surface area contributed by atoms with Crippen LogP contribution in [0, 0.1) is 0 Å². The molecule has 1 aliphatic rings. The number of thioether (sulfide) groups is 1. The van der Waals surface area contributed by atoms with Crippen molar-refractivity contribution in [2.45, 2.75) is 37.7 Å². The van der Waals surface area contributed by atoms with Gasteiger partial charge in [-0.1, -0.05) is 51.1 Å². The van der Waals surface area contributed by atoms with Crippen LogP contribution >= 0.6 is 11.8 Å². The maximum Gasteiger partial charge on any atom is 0.416 e. The zero-order valence-electron chi connectivity index (χ0n) is 15.5. The summed E-state index contributed by atoms with van der Waals surface area (Å²) in [5, 5.41) is -0.627. The lowest BCUT2D eigenvalue weighted by Gasteiger charge is -2.27. The van der Waals surface area contributed by atoms with Gasteiger partial charge in [-0.05, 0) is 34.7 Å². The number of nitrogens with zero attached hydrogens (tertiary/aromatic N) is 1. The maximum atomic E-state index is 13.4. The predicted octanol–water partition coefficient (Wildman–Crippen LogP) is 5.89. The first-order valence-electron chi connectivity index (χ1n) is 8.78. The van der Waals surface area contributed by atoms with Crippen LogP contribution in [-0.2, 0) is 11.6 Å². The van der Waals surface area contributed by atoms with Gasteiger partial charge >= 0.3 is 6.18 Å². The first-order chi connectivity index (χ1) is 12.6. The van der Waals surface area contributed by atoms with Crippen molar-refractivity contribution in [2.75, 3.05) is 12.3 Å². The lowest BCUT2D eigenvalue weighted by molar-refractivity contribution is -0.138. The first kappa shape index (κ1) is 19.8. The minimum Gasteiger partial charge on any atom is -0.322 e. The lowest BCUT2D eigenvalue weighted by atomic mass is 9.86. The highest BCUT2D eigenvalue weighted by Gasteiger charge is 2.39. The average Bonchev–Trinajstić information content (AvgIpc) is 3.09. The van der Waals surface area contributed by atoms with Gasteiger partial charge in [0.25, 0.3) is 5.91 Å². The minimum atomic E-state index is -4.44. The van der Waals surface area contributed by atoms with Gasteiger partial charge in [0, 0.05) is 17.9 Å². The molecule has 27 heavy (non-hydrogen) atoms. The number of halogens is 3. The Hall–Kier alpha value is -1.95. The third-order valence-electron chi connectivity index (χ3n) is 4.68. The SMILES string of the molecule is CC(C)(C)c1ccc(C(=O)N2CCS[C@H]2c2ccccc2C(F)(F)F)cc1. The molecule has 0 saturated carbocycles. The minimum absolute atomic E-state index is 0.0285. The summed E-state index contributed by atoms with van der Waals surface area (Å²) in [5.74, 6) is 0.380. The first-order valence-corrected chi connectivity index (χ1v) is 9.83. The van der Waals surface area contributed by atoms with E-state index in [0.717, 1.165) is 11.6 Å². The molecule has 0 spiro atoms. The Kier molecular flexibility index (Phi) is 5.30. The van der Waals surface area contributed by atoms with E-state index in [1.807, 2.05) is 12.1 Å². The zero-order valence-corrected chi connectivity index (χ0v) is 16.3. The van der Waals surface area contributed by atoms with Crippen LogP contribution < -0.4 is 0 Å². The largest absolute Gasteiger partial charge is 0.416 e. The van der Waals surface area contributed by atoms with Crippen LogP contribution in [0.15, 0.2) is 48.5 Å². The van der Waals surface area contributed by atoms with Gasteiger partial charge in [0.15, 0.2) is 0 Å². The summed E-state index contributed by atoms with van der Waals surface area (Å²) in [5.41, 5.74) is 1.05. The van der Waals surface area contributed by atoms with E-state index in [9.17, 15) is 18.0 Å². The molecule has 2 nitrogen and oxygen atoms in total. The Balaban J connectivity index is 1.90. The molecule has 3 rings (SSSR count). The van der Waals surface area contributed by atoms with Crippen LogP contribution in [0.4, 0.5) is 13.2 Å². The number of amides is 1. The van der Waals surface area contributed by atoms with Crippen molar-refractivity contribution in [3.05, 3.63) is 70.8 Å². The second kappa shape index (κ2) is 7.23. The van der Waals surface area contributed by atoms with E-state index < -0.39 is 17.1 Å². The van der Waals surface area contributed by atoms with Crippen molar-refractivity contribution in [1.82, 2.24) is 4.90 Å². The van der Waals surface area contributed by atoms with Crippen LogP contribution in [0.5, 0.6) is 0 Å². The number of carbonyl (C=O) groups is 1. The van der Waals surface area contributed by atoms with Crippen molar-refractivity contribution < 1.29 is 18.0 Å². The summed E-state index contributed by atoms with van der Waals surface area (Å²) in [6.45, 7) is 6.70. The van der Waals surface area contributed by atoms with Crippen LogP contribution in [0.25, 0.3) is 0 Å². The van der Waals surface area contributed by atoms with Gasteiger partial charge in [0.2, 0.25) is 0 Å².